The molecule has 0 bridgehead atoms. The van der Waals surface area contributed by atoms with E-state index in [1.165, 1.54) is 6.07 Å². The molecule has 102 valence electrons. The third kappa shape index (κ3) is 4.26. The Labute approximate surface area is 155 Å². The maximum absolute atomic E-state index is 11.1. The number of carbonyl (C=O) groups is 1. The normalized spacial score (nSPS) is 11.9. The summed E-state index contributed by atoms with van der Waals surface area (Å²) in [6.07, 6.45) is 0. The fourth-order valence-corrected chi connectivity index (χ4v) is 2.15. The van der Waals surface area contributed by atoms with Crippen molar-refractivity contribution in [3.05, 3.63) is 28.8 Å². The van der Waals surface area contributed by atoms with Gasteiger partial charge in [0.25, 0.3) is 0 Å². The Morgan fingerprint density at radius 2 is 1.47 bits per heavy atom. The van der Waals surface area contributed by atoms with Crippen LogP contribution < -0.4 is 0 Å². The van der Waals surface area contributed by atoms with Crippen molar-refractivity contribution in [2.45, 2.75) is 52.4 Å². The molecule has 0 spiro atoms. The van der Waals surface area contributed by atoms with Crippen LogP contribution in [0.2, 0.25) is 0 Å². The van der Waals surface area contributed by atoms with E-state index < -0.39 is 5.97 Å². The van der Waals surface area contributed by atoms with Crippen LogP contribution in [-0.4, -0.2) is 65.1 Å². The zero-order valence-corrected chi connectivity index (χ0v) is 17.1. The first-order valence-electron chi connectivity index (χ1n) is 6.06. The molecule has 0 heterocycles. The van der Waals surface area contributed by atoms with Gasteiger partial charge in [-0.25, -0.2) is 4.79 Å². The molecule has 0 aromatic heterocycles. The van der Waals surface area contributed by atoms with Crippen LogP contribution in [0.4, 0.5) is 0 Å². The second-order valence-electron chi connectivity index (χ2n) is 6.69. The number of aromatic hydroxyl groups is 1. The minimum absolute atomic E-state index is 0. The van der Waals surface area contributed by atoms with Crippen molar-refractivity contribution in [1.29, 1.82) is 0 Å². The summed E-state index contributed by atoms with van der Waals surface area (Å²) < 4.78 is 0. The molecule has 1 aromatic rings. The number of carboxylic acids is 1. The Balaban J connectivity index is 0.00000324. The third-order valence-corrected chi connectivity index (χ3v) is 2.97. The maximum Gasteiger partial charge on any atom is 0.339 e. The molecule has 1 aromatic carbocycles. The zero-order valence-electron chi connectivity index (χ0n) is 12.7. The van der Waals surface area contributed by atoms with Crippen LogP contribution in [0.1, 0.15) is 63.0 Å². The Morgan fingerprint density at radius 1 is 1.00 bits per heavy atom. The third-order valence-electron chi connectivity index (χ3n) is 2.97. The SMILES string of the molecule is CC(C)(C)c1ccc(C(=O)O)c(O)c1C(C)(C)C.[Ba]. The van der Waals surface area contributed by atoms with Crippen LogP contribution in [0.15, 0.2) is 12.1 Å². The molecular weight excluding hydrogens is 365 g/mol. The Kier molecular flexibility index (Phi) is 6.25. The fourth-order valence-electron chi connectivity index (χ4n) is 2.15. The monoisotopic (exact) mass is 388 g/mol. The molecule has 0 unspecified atom stereocenters. The molecule has 0 saturated heterocycles. The molecule has 0 aliphatic carbocycles. The smallest absolute Gasteiger partial charge is 0.339 e. The molecule has 0 saturated carbocycles. The summed E-state index contributed by atoms with van der Waals surface area (Å²) in [5.74, 6) is -1.21. The molecule has 1 rings (SSSR count). The van der Waals surface area contributed by atoms with Gasteiger partial charge in [0.1, 0.15) is 11.3 Å². The van der Waals surface area contributed by atoms with Crippen molar-refractivity contribution in [1.82, 2.24) is 0 Å². The minimum Gasteiger partial charge on any atom is -0.507 e. The van der Waals surface area contributed by atoms with Gasteiger partial charge in [0.2, 0.25) is 0 Å². The van der Waals surface area contributed by atoms with Gasteiger partial charge in [0.05, 0.1) is 0 Å². The average Bonchev–Trinajstić information content (AvgIpc) is 2.12. The van der Waals surface area contributed by atoms with E-state index in [0.717, 1.165) is 11.1 Å². The summed E-state index contributed by atoms with van der Waals surface area (Å²) in [6.45, 7) is 12.1. The molecule has 2 N–H and O–H groups in total. The number of rotatable bonds is 1. The van der Waals surface area contributed by atoms with E-state index in [1.807, 2.05) is 26.8 Å². The molecule has 0 fully saturated rings. The van der Waals surface area contributed by atoms with Gasteiger partial charge in [-0.1, -0.05) is 47.6 Å². The second kappa shape index (κ2) is 6.23. The summed E-state index contributed by atoms with van der Waals surface area (Å²) in [6, 6.07) is 3.29. The molecule has 0 atom stereocenters. The molecule has 0 aliphatic rings. The first-order valence-corrected chi connectivity index (χ1v) is 6.06. The van der Waals surface area contributed by atoms with E-state index in [9.17, 15) is 9.90 Å². The van der Waals surface area contributed by atoms with Gasteiger partial charge in [-0.15, -0.1) is 0 Å². The number of benzene rings is 1. The van der Waals surface area contributed by atoms with E-state index in [0.29, 0.717) is 0 Å². The Morgan fingerprint density at radius 3 is 1.79 bits per heavy atom. The van der Waals surface area contributed by atoms with Crippen LogP contribution in [-0.2, 0) is 10.8 Å². The number of hydrogen-bond acceptors (Lipinski definition) is 2. The summed E-state index contributed by atoms with van der Waals surface area (Å²) in [5.41, 5.74) is 1.22. The molecule has 3 nitrogen and oxygen atoms in total. The van der Waals surface area contributed by atoms with Crippen molar-refractivity contribution >= 4 is 54.9 Å². The summed E-state index contributed by atoms with van der Waals surface area (Å²) >= 11 is 0. The van der Waals surface area contributed by atoms with Crippen molar-refractivity contribution < 1.29 is 15.0 Å². The van der Waals surface area contributed by atoms with Crippen LogP contribution >= 0.6 is 0 Å². The van der Waals surface area contributed by atoms with E-state index >= 15 is 0 Å². The van der Waals surface area contributed by atoms with Crippen LogP contribution in [0.5, 0.6) is 5.75 Å². The van der Waals surface area contributed by atoms with E-state index in [1.54, 1.807) is 0 Å². The van der Waals surface area contributed by atoms with Crippen molar-refractivity contribution in [2.75, 3.05) is 0 Å². The molecule has 0 aliphatic heterocycles. The van der Waals surface area contributed by atoms with Gasteiger partial charge < -0.3 is 10.2 Å². The largest absolute Gasteiger partial charge is 0.507 e. The predicted molar refractivity (Wildman–Crippen MR) is 78.2 cm³/mol. The van der Waals surface area contributed by atoms with Gasteiger partial charge in [-0.3, -0.25) is 0 Å². The van der Waals surface area contributed by atoms with Gasteiger partial charge in [0.15, 0.2) is 0 Å². The number of hydrogen-bond donors (Lipinski definition) is 2. The van der Waals surface area contributed by atoms with Crippen LogP contribution in [0.3, 0.4) is 0 Å². The number of phenols is 1. The molecule has 4 heteroatoms. The Hall–Kier alpha value is 0.0614. The van der Waals surface area contributed by atoms with Gasteiger partial charge in [-0.2, -0.15) is 0 Å². The second-order valence-corrected chi connectivity index (χ2v) is 6.69. The molecule has 0 amide bonds. The standard InChI is InChI=1S/C15H22O3.Ba/c1-14(2,3)10-8-7-9(13(17)18)12(16)11(10)15(4,5)6;/h7-8,16H,1-6H3,(H,17,18);. The van der Waals surface area contributed by atoms with Gasteiger partial charge >= 0.3 is 5.97 Å². The van der Waals surface area contributed by atoms with Crippen molar-refractivity contribution in [3.8, 4) is 5.75 Å². The minimum atomic E-state index is -1.10. The first kappa shape index (κ1) is 19.1. The molecular formula is C15H22BaO3. The summed E-state index contributed by atoms with van der Waals surface area (Å²) in [5, 5.41) is 19.3. The Bertz CT molecular complexity index is 479. The van der Waals surface area contributed by atoms with Gasteiger partial charge in [-0.05, 0) is 22.5 Å². The first-order chi connectivity index (χ1) is 7.96. The average molecular weight is 388 g/mol. The van der Waals surface area contributed by atoms with Crippen LogP contribution in [0, 0.1) is 0 Å². The maximum atomic E-state index is 11.1. The van der Waals surface area contributed by atoms with Crippen LogP contribution in [0.25, 0.3) is 0 Å². The fraction of sp³-hybridized carbons (Fsp3) is 0.533. The summed E-state index contributed by atoms with van der Waals surface area (Å²) in [7, 11) is 0. The van der Waals surface area contributed by atoms with E-state index in [4.69, 9.17) is 5.11 Å². The van der Waals surface area contributed by atoms with Crippen molar-refractivity contribution in [2.24, 2.45) is 0 Å². The zero-order chi connectivity index (χ0) is 14.3. The molecule has 19 heavy (non-hydrogen) atoms. The summed E-state index contributed by atoms with van der Waals surface area (Å²) in [4.78, 5) is 11.1. The number of aromatic carboxylic acids is 1. The molecule has 2 radical (unpaired) electrons. The predicted octanol–water partition coefficient (Wildman–Crippen LogP) is 3.30. The van der Waals surface area contributed by atoms with Crippen molar-refractivity contribution in [3.63, 3.8) is 0 Å². The van der Waals surface area contributed by atoms with E-state index in [-0.39, 0.29) is 71.0 Å². The number of carboxylic acid groups (broad SMARTS) is 1. The van der Waals surface area contributed by atoms with E-state index in [2.05, 4.69) is 20.8 Å². The topological polar surface area (TPSA) is 57.5 Å². The quantitative estimate of drug-likeness (QED) is 0.727. The van der Waals surface area contributed by atoms with Gasteiger partial charge in [0, 0.05) is 54.4 Å².